The molecule has 40 heavy (non-hydrogen) atoms. The fourth-order valence-corrected chi connectivity index (χ4v) is 6.72. The van der Waals surface area contributed by atoms with Gasteiger partial charge in [0, 0.05) is 48.8 Å². The Morgan fingerprint density at radius 2 is 2.00 bits per heavy atom. The molecule has 2 saturated carbocycles. The first-order valence-electron chi connectivity index (χ1n) is 13.1. The molecule has 0 aromatic carbocycles. The van der Waals surface area contributed by atoms with Crippen molar-refractivity contribution in [1.82, 2.24) is 29.9 Å². The first-order chi connectivity index (χ1) is 19.0. The van der Waals surface area contributed by atoms with Crippen LogP contribution in [0.4, 0.5) is 34.3 Å². The van der Waals surface area contributed by atoms with E-state index in [0.717, 1.165) is 16.9 Å². The maximum atomic E-state index is 13.4. The van der Waals surface area contributed by atoms with Crippen LogP contribution in [0.3, 0.4) is 0 Å². The van der Waals surface area contributed by atoms with Gasteiger partial charge in [0.05, 0.1) is 5.56 Å². The number of nitrogens with zero attached hydrogens (tertiary/aromatic N) is 5. The fraction of sp³-hybridized carbons (Fsp3) is 0.560. The summed E-state index contributed by atoms with van der Waals surface area (Å²) in [4.78, 5) is 27.1. The Hall–Kier alpha value is -3.49. The molecule has 3 heterocycles. The Balaban J connectivity index is 1.26. The van der Waals surface area contributed by atoms with E-state index in [0.29, 0.717) is 41.6 Å². The van der Waals surface area contributed by atoms with E-state index in [9.17, 15) is 27.2 Å². The molecule has 0 spiro atoms. The molecular weight excluding hydrogens is 552 g/mol. The average Bonchev–Trinajstić information content (AvgIpc) is 3.19. The maximum Gasteiger partial charge on any atom is 0.282 e. The summed E-state index contributed by atoms with van der Waals surface area (Å²) < 4.78 is 56.2. The third kappa shape index (κ3) is 5.06. The summed E-state index contributed by atoms with van der Waals surface area (Å²) in [5.41, 5.74) is 0.702. The fourth-order valence-electron chi connectivity index (χ4n) is 5.47. The number of carbonyl (C=O) groups is 2. The van der Waals surface area contributed by atoms with Gasteiger partial charge in [-0.05, 0) is 37.2 Å². The highest BCUT2D eigenvalue weighted by molar-refractivity contribution is 7.17. The van der Waals surface area contributed by atoms with Crippen LogP contribution in [0.15, 0.2) is 12.4 Å². The summed E-state index contributed by atoms with van der Waals surface area (Å²) in [6.07, 6.45) is 0.476. The lowest BCUT2D eigenvalue weighted by Crippen LogP contribution is -2.50. The Bertz CT molecular complexity index is 1460. The van der Waals surface area contributed by atoms with Gasteiger partial charge < -0.3 is 16.0 Å². The van der Waals surface area contributed by atoms with Crippen molar-refractivity contribution in [3.8, 4) is 0 Å². The van der Waals surface area contributed by atoms with E-state index in [1.54, 1.807) is 4.57 Å². The molecule has 1 unspecified atom stereocenters. The minimum Gasteiger partial charge on any atom is -0.349 e. The zero-order valence-corrected chi connectivity index (χ0v) is 22.6. The molecule has 0 radical (unpaired) electrons. The highest BCUT2D eigenvalue weighted by Gasteiger charge is 2.46. The number of alkyl halides is 4. The van der Waals surface area contributed by atoms with Crippen molar-refractivity contribution in [2.75, 3.05) is 10.6 Å². The molecule has 0 saturated heterocycles. The molecule has 3 aliphatic rings. The van der Waals surface area contributed by atoms with Crippen LogP contribution in [-0.2, 0) is 24.7 Å². The number of amides is 2. The number of nitrogens with one attached hydrogen (secondary N) is 3. The van der Waals surface area contributed by atoms with Crippen LogP contribution >= 0.6 is 11.3 Å². The van der Waals surface area contributed by atoms with Crippen molar-refractivity contribution in [3.63, 3.8) is 0 Å². The number of hydrogen-bond donors (Lipinski definition) is 3. The first-order valence-corrected chi connectivity index (χ1v) is 13.9. The Morgan fingerprint density at radius 1 is 1.25 bits per heavy atom. The zero-order valence-electron chi connectivity index (χ0n) is 21.8. The lowest BCUT2D eigenvalue weighted by atomic mass is 9.87. The first kappa shape index (κ1) is 26.7. The van der Waals surface area contributed by atoms with Crippen molar-refractivity contribution in [2.45, 2.75) is 69.9 Å². The van der Waals surface area contributed by atoms with Gasteiger partial charge in [0.2, 0.25) is 11.9 Å². The Morgan fingerprint density at radius 3 is 2.65 bits per heavy atom. The molecule has 3 aromatic rings. The third-order valence-electron chi connectivity index (χ3n) is 7.90. The predicted molar refractivity (Wildman–Crippen MR) is 138 cm³/mol. The van der Waals surface area contributed by atoms with E-state index >= 15 is 0 Å². The van der Waals surface area contributed by atoms with Gasteiger partial charge in [-0.1, -0.05) is 6.92 Å². The van der Waals surface area contributed by atoms with Gasteiger partial charge in [-0.2, -0.15) is 5.10 Å². The SMILES string of the molecule is C[C@H]1C[C@@H]1C(=O)Nc1sc2c(c1C(=O)NC1CC(F)(F)C1)CC(n1cnnc1Nc1cc(C(F)F)nn1C)CC2. The summed E-state index contributed by atoms with van der Waals surface area (Å²) in [5.74, 6) is -2.58. The van der Waals surface area contributed by atoms with Gasteiger partial charge in [0.25, 0.3) is 18.3 Å². The number of thiophene rings is 1. The van der Waals surface area contributed by atoms with Gasteiger partial charge in [0.1, 0.15) is 22.8 Å². The number of rotatable bonds is 8. The topological polar surface area (TPSA) is 119 Å². The predicted octanol–water partition coefficient (Wildman–Crippen LogP) is 4.61. The van der Waals surface area contributed by atoms with Gasteiger partial charge in [-0.3, -0.25) is 18.8 Å². The second kappa shape index (κ2) is 9.85. The minimum absolute atomic E-state index is 0.101. The lowest BCUT2D eigenvalue weighted by Gasteiger charge is -2.35. The Kier molecular flexibility index (Phi) is 6.58. The van der Waals surface area contributed by atoms with E-state index in [4.69, 9.17) is 0 Å². The normalized spacial score (nSPS) is 23.4. The number of carbonyl (C=O) groups excluding carboxylic acids is 2. The molecule has 214 valence electrons. The summed E-state index contributed by atoms with van der Waals surface area (Å²) in [6.45, 7) is 1.99. The molecular formula is C25H28F4N8O2S. The summed E-state index contributed by atoms with van der Waals surface area (Å²) in [7, 11) is 1.54. The number of anilines is 3. The van der Waals surface area contributed by atoms with Crippen molar-refractivity contribution < 1.29 is 27.2 Å². The van der Waals surface area contributed by atoms with Crippen molar-refractivity contribution in [3.05, 3.63) is 34.1 Å². The molecule has 0 bridgehead atoms. The van der Waals surface area contributed by atoms with E-state index < -0.39 is 37.1 Å². The highest BCUT2D eigenvalue weighted by Crippen LogP contribution is 2.44. The molecule has 10 nitrogen and oxygen atoms in total. The number of aryl methyl sites for hydroxylation is 2. The summed E-state index contributed by atoms with van der Waals surface area (Å²) >= 11 is 1.35. The van der Waals surface area contributed by atoms with E-state index in [1.165, 1.54) is 35.5 Å². The molecule has 15 heteroatoms. The second-order valence-corrected chi connectivity index (χ2v) is 12.0. The number of hydrogen-bond acceptors (Lipinski definition) is 7. The minimum atomic E-state index is -2.78. The van der Waals surface area contributed by atoms with Crippen molar-refractivity contribution in [1.29, 1.82) is 0 Å². The number of fused-ring (bicyclic) bond motifs is 1. The largest absolute Gasteiger partial charge is 0.349 e. The number of aromatic nitrogens is 5. The number of halogens is 4. The van der Waals surface area contributed by atoms with Gasteiger partial charge in [-0.25, -0.2) is 17.6 Å². The van der Waals surface area contributed by atoms with Crippen LogP contribution in [0, 0.1) is 11.8 Å². The molecule has 3 aliphatic carbocycles. The van der Waals surface area contributed by atoms with Crippen molar-refractivity contribution in [2.24, 2.45) is 18.9 Å². The molecule has 6 rings (SSSR count). The maximum absolute atomic E-state index is 13.4. The van der Waals surface area contributed by atoms with Crippen LogP contribution in [-0.4, -0.2) is 48.3 Å². The summed E-state index contributed by atoms with van der Waals surface area (Å²) in [5, 5.41) is 21.0. The van der Waals surface area contributed by atoms with Crippen LogP contribution in [0.5, 0.6) is 0 Å². The lowest BCUT2D eigenvalue weighted by molar-refractivity contribution is -0.117. The standard InChI is InChI=1S/C25H28F4N8O2S/c1-11-5-14(11)21(38)33-23-19(22(39)31-12-8-25(28,29)9-12)15-6-13(3-4-17(15)40-23)37-10-30-34-24(37)32-18-7-16(20(26)27)35-36(18)2/h7,10-14,20H,3-6,8-9H2,1-2H3,(H,31,39)(H,32,34)(H,33,38)/t11-,13?,14-/m0/s1. The quantitative estimate of drug-likeness (QED) is 0.335. The van der Waals surface area contributed by atoms with E-state index in [2.05, 4.69) is 31.2 Å². The molecule has 0 aliphatic heterocycles. The molecule has 3 atom stereocenters. The van der Waals surface area contributed by atoms with Crippen LogP contribution in [0.1, 0.15) is 71.6 Å². The van der Waals surface area contributed by atoms with E-state index in [-0.39, 0.29) is 29.5 Å². The second-order valence-electron chi connectivity index (χ2n) is 10.9. The monoisotopic (exact) mass is 580 g/mol. The summed E-state index contributed by atoms with van der Waals surface area (Å²) in [6, 6.07) is 0.424. The van der Waals surface area contributed by atoms with Crippen molar-refractivity contribution >= 4 is 39.9 Å². The van der Waals surface area contributed by atoms with Crippen LogP contribution < -0.4 is 16.0 Å². The highest BCUT2D eigenvalue weighted by atomic mass is 32.1. The molecule has 3 aromatic heterocycles. The molecule has 3 N–H and O–H groups in total. The zero-order chi connectivity index (χ0) is 28.3. The van der Waals surface area contributed by atoms with Gasteiger partial charge in [-0.15, -0.1) is 21.5 Å². The van der Waals surface area contributed by atoms with Crippen LogP contribution in [0.2, 0.25) is 0 Å². The molecule has 2 amide bonds. The third-order valence-corrected chi connectivity index (χ3v) is 9.11. The smallest absolute Gasteiger partial charge is 0.282 e. The molecule has 2 fully saturated rings. The van der Waals surface area contributed by atoms with Gasteiger partial charge >= 0.3 is 0 Å². The van der Waals surface area contributed by atoms with Crippen LogP contribution in [0.25, 0.3) is 0 Å². The Labute approximate surface area is 230 Å². The average molecular weight is 581 g/mol. The van der Waals surface area contributed by atoms with Gasteiger partial charge in [0.15, 0.2) is 0 Å². The van der Waals surface area contributed by atoms with E-state index in [1.807, 2.05) is 6.92 Å².